The second-order valence-corrected chi connectivity index (χ2v) is 5.26. The van der Waals surface area contributed by atoms with Crippen LogP contribution in [0.3, 0.4) is 0 Å². The minimum absolute atomic E-state index is 0.209. The maximum absolute atomic E-state index is 5.91. The molecule has 0 saturated heterocycles. The summed E-state index contributed by atoms with van der Waals surface area (Å²) in [6.07, 6.45) is 2.70. The van der Waals surface area contributed by atoms with Crippen LogP contribution in [0.25, 0.3) is 11.2 Å². The van der Waals surface area contributed by atoms with E-state index in [1.807, 2.05) is 0 Å². The molecule has 1 aliphatic rings. The summed E-state index contributed by atoms with van der Waals surface area (Å²) < 4.78 is 0. The Labute approximate surface area is 120 Å². The summed E-state index contributed by atoms with van der Waals surface area (Å²) in [5.41, 5.74) is 4.23. The van der Waals surface area contributed by atoms with Crippen molar-refractivity contribution in [2.24, 2.45) is 0 Å². The molecule has 2 aromatic heterocycles. The number of halogens is 1. The van der Waals surface area contributed by atoms with Crippen LogP contribution < -0.4 is 5.32 Å². The molecule has 0 fully saturated rings. The van der Waals surface area contributed by atoms with E-state index >= 15 is 0 Å². The number of nitrogens with zero attached hydrogens (tertiary/aromatic N) is 3. The van der Waals surface area contributed by atoms with Gasteiger partial charge in [-0.1, -0.05) is 24.3 Å². The Morgan fingerprint density at radius 3 is 3.10 bits per heavy atom. The maximum atomic E-state index is 5.91. The molecule has 1 unspecified atom stereocenters. The summed E-state index contributed by atoms with van der Waals surface area (Å²) >= 11 is 5.91. The highest BCUT2D eigenvalue weighted by atomic mass is 35.5. The number of hydrogen-bond donors (Lipinski definition) is 2. The number of anilines is 1. The van der Waals surface area contributed by atoms with Gasteiger partial charge >= 0.3 is 0 Å². The van der Waals surface area contributed by atoms with Crippen molar-refractivity contribution < 1.29 is 0 Å². The monoisotopic (exact) mass is 285 g/mol. The zero-order valence-corrected chi connectivity index (χ0v) is 11.4. The standard InChI is InChI=1S/C14H12ClN5/c15-14-19-12(11-13(20-14)18-7-17-11)16-6-9-5-8-3-1-2-4-10(8)9/h1-4,7,9H,5-6H2,(H2,16,17,18,19,20). The van der Waals surface area contributed by atoms with Crippen molar-refractivity contribution in [3.05, 3.63) is 47.0 Å². The van der Waals surface area contributed by atoms with E-state index in [2.05, 4.69) is 49.5 Å². The molecule has 0 saturated carbocycles. The molecule has 1 aromatic carbocycles. The molecule has 5 nitrogen and oxygen atoms in total. The highest BCUT2D eigenvalue weighted by Crippen LogP contribution is 2.35. The fraction of sp³-hybridized carbons (Fsp3) is 0.214. The number of H-pyrrole nitrogens is 1. The molecule has 2 N–H and O–H groups in total. The second kappa shape index (κ2) is 4.45. The highest BCUT2D eigenvalue weighted by Gasteiger charge is 2.25. The molecular weight excluding hydrogens is 274 g/mol. The second-order valence-electron chi connectivity index (χ2n) is 4.92. The quantitative estimate of drug-likeness (QED) is 0.726. The van der Waals surface area contributed by atoms with E-state index in [0.29, 0.717) is 17.4 Å². The van der Waals surface area contributed by atoms with Gasteiger partial charge in [0.2, 0.25) is 5.28 Å². The van der Waals surface area contributed by atoms with E-state index in [4.69, 9.17) is 11.6 Å². The van der Waals surface area contributed by atoms with Crippen LogP contribution in [-0.4, -0.2) is 26.5 Å². The van der Waals surface area contributed by atoms with E-state index in [1.165, 1.54) is 11.1 Å². The number of aromatic amines is 1. The van der Waals surface area contributed by atoms with Crippen molar-refractivity contribution in [3.63, 3.8) is 0 Å². The van der Waals surface area contributed by atoms with Crippen LogP contribution in [0.15, 0.2) is 30.6 Å². The van der Waals surface area contributed by atoms with Crippen molar-refractivity contribution in [1.82, 2.24) is 19.9 Å². The van der Waals surface area contributed by atoms with Gasteiger partial charge in [-0.15, -0.1) is 0 Å². The van der Waals surface area contributed by atoms with Crippen LogP contribution in [0.1, 0.15) is 17.0 Å². The molecular formula is C14H12ClN5. The topological polar surface area (TPSA) is 66.5 Å². The van der Waals surface area contributed by atoms with E-state index in [1.54, 1.807) is 6.33 Å². The predicted molar refractivity (Wildman–Crippen MR) is 78.1 cm³/mol. The fourth-order valence-electron chi connectivity index (χ4n) is 2.70. The predicted octanol–water partition coefficient (Wildman–Crippen LogP) is 2.76. The number of hydrogen-bond acceptors (Lipinski definition) is 4. The lowest BCUT2D eigenvalue weighted by atomic mass is 9.77. The normalized spacial score (nSPS) is 16.8. The van der Waals surface area contributed by atoms with E-state index < -0.39 is 0 Å². The average molecular weight is 286 g/mol. The summed E-state index contributed by atoms with van der Waals surface area (Å²) in [4.78, 5) is 15.4. The Hall–Kier alpha value is -2.14. The van der Waals surface area contributed by atoms with Gasteiger partial charge in [-0.25, -0.2) is 4.98 Å². The molecule has 2 heterocycles. The number of fused-ring (bicyclic) bond motifs is 2. The summed E-state index contributed by atoms with van der Waals surface area (Å²) in [6.45, 7) is 0.832. The van der Waals surface area contributed by atoms with Crippen LogP contribution in [0.4, 0.5) is 5.82 Å². The minimum atomic E-state index is 0.209. The number of rotatable bonds is 3. The number of aromatic nitrogens is 4. The van der Waals surface area contributed by atoms with Crippen molar-refractivity contribution in [3.8, 4) is 0 Å². The minimum Gasteiger partial charge on any atom is -0.368 e. The molecule has 1 aliphatic carbocycles. The third-order valence-electron chi connectivity index (χ3n) is 3.74. The number of nitrogens with one attached hydrogen (secondary N) is 2. The zero-order valence-electron chi connectivity index (χ0n) is 10.6. The molecule has 6 heteroatoms. The van der Waals surface area contributed by atoms with E-state index in [0.717, 1.165) is 18.5 Å². The number of benzene rings is 1. The molecule has 0 spiro atoms. The van der Waals surface area contributed by atoms with Crippen LogP contribution in [0, 0.1) is 0 Å². The molecule has 4 rings (SSSR count). The molecule has 0 aliphatic heterocycles. The van der Waals surface area contributed by atoms with Gasteiger partial charge in [0.15, 0.2) is 11.5 Å². The molecule has 0 bridgehead atoms. The van der Waals surface area contributed by atoms with Crippen LogP contribution in [-0.2, 0) is 6.42 Å². The Morgan fingerprint density at radius 2 is 2.20 bits per heavy atom. The first-order valence-electron chi connectivity index (χ1n) is 6.49. The maximum Gasteiger partial charge on any atom is 0.226 e. The van der Waals surface area contributed by atoms with Crippen molar-refractivity contribution in [2.45, 2.75) is 12.3 Å². The summed E-state index contributed by atoms with van der Waals surface area (Å²) in [5, 5.41) is 3.56. The average Bonchev–Trinajstić information content (AvgIpc) is 2.87. The molecule has 100 valence electrons. The first kappa shape index (κ1) is 11.7. The smallest absolute Gasteiger partial charge is 0.226 e. The van der Waals surface area contributed by atoms with E-state index in [-0.39, 0.29) is 5.28 Å². The lowest BCUT2D eigenvalue weighted by molar-refractivity contribution is 0.635. The highest BCUT2D eigenvalue weighted by molar-refractivity contribution is 6.28. The van der Waals surface area contributed by atoms with Gasteiger partial charge in [0.25, 0.3) is 0 Å². The Kier molecular flexibility index (Phi) is 2.60. The molecule has 0 amide bonds. The van der Waals surface area contributed by atoms with Gasteiger partial charge in [-0.3, -0.25) is 0 Å². The summed E-state index contributed by atoms with van der Waals surface area (Å²) in [7, 11) is 0. The van der Waals surface area contributed by atoms with Crippen LogP contribution in [0.5, 0.6) is 0 Å². The Morgan fingerprint density at radius 1 is 1.30 bits per heavy atom. The van der Waals surface area contributed by atoms with Crippen molar-refractivity contribution in [2.75, 3.05) is 11.9 Å². The van der Waals surface area contributed by atoms with Gasteiger partial charge in [0.05, 0.1) is 6.33 Å². The van der Waals surface area contributed by atoms with Crippen LogP contribution in [0.2, 0.25) is 5.28 Å². The summed E-state index contributed by atoms with van der Waals surface area (Å²) in [5.74, 6) is 1.24. The third-order valence-corrected chi connectivity index (χ3v) is 3.90. The fourth-order valence-corrected chi connectivity index (χ4v) is 2.86. The first-order chi connectivity index (χ1) is 9.81. The van der Waals surface area contributed by atoms with Gasteiger partial charge in [-0.05, 0) is 29.1 Å². The van der Waals surface area contributed by atoms with Crippen molar-refractivity contribution >= 4 is 28.6 Å². The zero-order chi connectivity index (χ0) is 13.5. The number of imidazole rings is 1. The van der Waals surface area contributed by atoms with E-state index in [9.17, 15) is 0 Å². The van der Waals surface area contributed by atoms with Gasteiger partial charge in [-0.2, -0.15) is 9.97 Å². The SMILES string of the molecule is Clc1nc(NCC2Cc3ccccc32)c2[nH]cnc2n1. The molecule has 3 aromatic rings. The lowest BCUT2D eigenvalue weighted by Crippen LogP contribution is -2.24. The van der Waals surface area contributed by atoms with Crippen molar-refractivity contribution in [1.29, 1.82) is 0 Å². The molecule has 0 radical (unpaired) electrons. The largest absolute Gasteiger partial charge is 0.368 e. The van der Waals surface area contributed by atoms with Gasteiger partial charge in [0, 0.05) is 12.5 Å². The van der Waals surface area contributed by atoms with Gasteiger partial charge < -0.3 is 10.3 Å². The lowest BCUT2D eigenvalue weighted by Gasteiger charge is -2.30. The van der Waals surface area contributed by atoms with Crippen LogP contribution >= 0.6 is 11.6 Å². The molecule has 20 heavy (non-hydrogen) atoms. The first-order valence-corrected chi connectivity index (χ1v) is 6.87. The Balaban J connectivity index is 1.56. The molecule has 1 atom stereocenters. The third kappa shape index (κ3) is 1.82. The summed E-state index contributed by atoms with van der Waals surface area (Å²) in [6, 6.07) is 8.53. The Bertz CT molecular complexity index is 782. The van der Waals surface area contributed by atoms with Gasteiger partial charge in [0.1, 0.15) is 5.52 Å².